The summed E-state index contributed by atoms with van der Waals surface area (Å²) in [6.45, 7) is 0. The Morgan fingerprint density at radius 3 is 2.79 bits per heavy atom. The molecule has 1 aliphatic carbocycles. The van der Waals surface area contributed by atoms with Gasteiger partial charge in [-0.3, -0.25) is 4.79 Å². The van der Waals surface area contributed by atoms with E-state index in [9.17, 15) is 4.79 Å². The Kier molecular flexibility index (Phi) is 3.00. The van der Waals surface area contributed by atoms with Gasteiger partial charge in [-0.15, -0.1) is 0 Å². The van der Waals surface area contributed by atoms with Crippen LogP contribution in [-0.4, -0.2) is 9.81 Å². The summed E-state index contributed by atoms with van der Waals surface area (Å²) >= 11 is 10.3. The lowest BCUT2D eigenvalue weighted by Crippen LogP contribution is -2.16. The van der Waals surface area contributed by atoms with Gasteiger partial charge >= 0.3 is 0 Å². The Morgan fingerprint density at radius 1 is 1.36 bits per heavy atom. The average Bonchev–Trinajstić information content (AvgIpc) is 2.15. The Labute approximate surface area is 106 Å². The molecule has 0 amide bonds. The van der Waals surface area contributed by atoms with E-state index in [1.54, 1.807) is 0 Å². The third-order valence-corrected chi connectivity index (χ3v) is 5.28. The van der Waals surface area contributed by atoms with Gasteiger partial charge in [0.1, 0.15) is 0 Å². The first kappa shape index (κ1) is 10.6. The summed E-state index contributed by atoms with van der Waals surface area (Å²) in [5.41, 5.74) is 1.86. The second-order valence-electron chi connectivity index (χ2n) is 3.02. The van der Waals surface area contributed by atoms with Gasteiger partial charge in [0.25, 0.3) is 5.56 Å². The van der Waals surface area contributed by atoms with Crippen LogP contribution in [0.3, 0.4) is 0 Å². The number of rotatable bonds is 0. The van der Waals surface area contributed by atoms with Crippen molar-refractivity contribution in [3.05, 3.63) is 38.2 Å². The number of nitrogens with one attached hydrogen (secondary N) is 1. The molecule has 74 valence electrons. The highest BCUT2D eigenvalue weighted by atomic mass is 79.9. The summed E-state index contributed by atoms with van der Waals surface area (Å²) < 4.78 is 0.565. The van der Waals surface area contributed by atoms with E-state index < -0.39 is 0 Å². The SMILES string of the molecule is O=c1[nH]c2c(cc1Br)[C@H](Br)[C@H](Br)C=C2. The highest BCUT2D eigenvalue weighted by Gasteiger charge is 2.22. The lowest BCUT2D eigenvalue weighted by atomic mass is 10.0. The van der Waals surface area contributed by atoms with Crippen molar-refractivity contribution in [2.45, 2.75) is 9.65 Å². The maximum atomic E-state index is 11.3. The van der Waals surface area contributed by atoms with E-state index in [-0.39, 0.29) is 15.2 Å². The Balaban J connectivity index is 2.64. The molecule has 0 unspecified atom stereocenters. The van der Waals surface area contributed by atoms with Gasteiger partial charge in [0.05, 0.1) is 9.30 Å². The van der Waals surface area contributed by atoms with Crippen LogP contribution >= 0.6 is 47.8 Å². The summed E-state index contributed by atoms with van der Waals surface area (Å²) in [5.74, 6) is 0. The number of halogens is 3. The van der Waals surface area contributed by atoms with Crippen molar-refractivity contribution in [2.24, 2.45) is 0 Å². The summed E-state index contributed by atoms with van der Waals surface area (Å²) in [6.07, 6.45) is 3.92. The van der Waals surface area contributed by atoms with E-state index in [1.807, 2.05) is 18.2 Å². The fraction of sp³-hybridized carbons (Fsp3) is 0.222. The minimum absolute atomic E-state index is 0.0962. The van der Waals surface area contributed by atoms with Crippen LogP contribution in [0, 0.1) is 0 Å². The molecule has 0 radical (unpaired) electrons. The van der Waals surface area contributed by atoms with E-state index in [0.717, 1.165) is 11.3 Å². The van der Waals surface area contributed by atoms with Crippen molar-refractivity contribution in [2.75, 3.05) is 0 Å². The number of pyridine rings is 1. The van der Waals surface area contributed by atoms with Gasteiger partial charge in [-0.25, -0.2) is 0 Å². The first-order valence-corrected chi connectivity index (χ1v) is 6.61. The minimum Gasteiger partial charge on any atom is -0.321 e. The second kappa shape index (κ2) is 3.94. The molecule has 0 aromatic carbocycles. The van der Waals surface area contributed by atoms with Gasteiger partial charge in [-0.2, -0.15) is 0 Å². The third-order valence-electron chi connectivity index (χ3n) is 2.08. The molecule has 1 aromatic rings. The first-order chi connectivity index (χ1) is 6.59. The van der Waals surface area contributed by atoms with Gasteiger partial charge in [-0.1, -0.05) is 37.9 Å². The third kappa shape index (κ3) is 1.77. The van der Waals surface area contributed by atoms with Gasteiger partial charge in [0.2, 0.25) is 0 Å². The van der Waals surface area contributed by atoms with Crippen LogP contribution in [0.2, 0.25) is 0 Å². The standard InChI is InChI=1S/C9H6Br3NO/c10-5-1-2-7-4(8(5)12)3-6(11)9(14)13-7/h1-3,5,8H,(H,13,14)/t5-,8+/m1/s1. The molecule has 1 N–H and O–H groups in total. The zero-order valence-electron chi connectivity index (χ0n) is 6.93. The molecule has 1 heterocycles. The number of hydrogen-bond donors (Lipinski definition) is 1. The maximum Gasteiger partial charge on any atom is 0.262 e. The normalized spacial score (nSPS) is 24.8. The van der Waals surface area contributed by atoms with Crippen LogP contribution in [0.5, 0.6) is 0 Å². The number of fused-ring (bicyclic) bond motifs is 1. The van der Waals surface area contributed by atoms with Crippen LogP contribution in [0.1, 0.15) is 16.1 Å². The summed E-state index contributed by atoms with van der Waals surface area (Å²) in [4.78, 5) is 14.6. The number of aromatic amines is 1. The molecule has 0 saturated carbocycles. The minimum atomic E-state index is -0.0962. The highest BCUT2D eigenvalue weighted by molar-refractivity contribution is 9.12. The van der Waals surface area contributed by atoms with E-state index in [0.29, 0.717) is 4.47 Å². The summed E-state index contributed by atoms with van der Waals surface area (Å²) in [5, 5.41) is 0. The number of H-pyrrole nitrogens is 1. The average molecular weight is 384 g/mol. The second-order valence-corrected chi connectivity index (χ2v) is 5.92. The monoisotopic (exact) mass is 381 g/mol. The molecule has 2 rings (SSSR count). The van der Waals surface area contributed by atoms with E-state index in [4.69, 9.17) is 0 Å². The largest absolute Gasteiger partial charge is 0.321 e. The Hall–Kier alpha value is 0.130. The van der Waals surface area contributed by atoms with E-state index in [2.05, 4.69) is 52.8 Å². The van der Waals surface area contributed by atoms with Gasteiger partial charge in [0, 0.05) is 10.5 Å². The molecule has 0 bridgehead atoms. The molecule has 1 aliphatic rings. The molecular weight excluding hydrogens is 378 g/mol. The van der Waals surface area contributed by atoms with Crippen LogP contribution in [0.25, 0.3) is 6.08 Å². The van der Waals surface area contributed by atoms with Gasteiger partial charge in [0.15, 0.2) is 0 Å². The van der Waals surface area contributed by atoms with Gasteiger partial charge < -0.3 is 4.98 Å². The lowest BCUT2D eigenvalue weighted by molar-refractivity contribution is 0.969. The van der Waals surface area contributed by atoms with Crippen molar-refractivity contribution in [1.29, 1.82) is 0 Å². The van der Waals surface area contributed by atoms with Crippen molar-refractivity contribution in [1.82, 2.24) is 4.98 Å². The zero-order chi connectivity index (χ0) is 10.3. The fourth-order valence-corrected chi connectivity index (χ4v) is 2.70. The Bertz CT molecular complexity index is 452. The smallest absolute Gasteiger partial charge is 0.262 e. The van der Waals surface area contributed by atoms with Crippen LogP contribution in [0.15, 0.2) is 21.4 Å². The fourth-order valence-electron chi connectivity index (χ4n) is 1.36. The van der Waals surface area contributed by atoms with Crippen LogP contribution in [0.4, 0.5) is 0 Å². The highest BCUT2D eigenvalue weighted by Crippen LogP contribution is 2.37. The van der Waals surface area contributed by atoms with Crippen LogP contribution in [-0.2, 0) is 0 Å². The maximum absolute atomic E-state index is 11.3. The van der Waals surface area contributed by atoms with E-state index in [1.165, 1.54) is 0 Å². The van der Waals surface area contributed by atoms with Gasteiger partial charge in [-0.05, 0) is 33.6 Å². The molecule has 0 spiro atoms. The Morgan fingerprint density at radius 2 is 2.07 bits per heavy atom. The number of hydrogen-bond acceptors (Lipinski definition) is 1. The molecule has 0 aliphatic heterocycles. The van der Waals surface area contributed by atoms with Crippen molar-refractivity contribution in [3.63, 3.8) is 0 Å². The van der Waals surface area contributed by atoms with E-state index >= 15 is 0 Å². The molecule has 2 atom stereocenters. The molecule has 5 heteroatoms. The molecule has 14 heavy (non-hydrogen) atoms. The number of alkyl halides is 2. The van der Waals surface area contributed by atoms with Crippen molar-refractivity contribution >= 4 is 53.9 Å². The summed E-state index contributed by atoms with van der Waals surface area (Å²) in [7, 11) is 0. The van der Waals surface area contributed by atoms with Crippen molar-refractivity contribution < 1.29 is 0 Å². The molecule has 1 aromatic heterocycles. The summed E-state index contributed by atoms with van der Waals surface area (Å²) in [6, 6.07) is 1.85. The lowest BCUT2D eigenvalue weighted by Gasteiger charge is -2.20. The molecule has 0 fully saturated rings. The number of aromatic nitrogens is 1. The quantitative estimate of drug-likeness (QED) is 0.685. The zero-order valence-corrected chi connectivity index (χ0v) is 11.7. The molecular formula is C9H6Br3NO. The predicted octanol–water partition coefficient (Wildman–Crippen LogP) is 3.36. The molecule has 2 nitrogen and oxygen atoms in total. The number of allylic oxidation sites excluding steroid dienone is 1. The molecule has 0 saturated heterocycles. The topological polar surface area (TPSA) is 32.9 Å². The van der Waals surface area contributed by atoms with Crippen molar-refractivity contribution in [3.8, 4) is 0 Å². The first-order valence-electron chi connectivity index (χ1n) is 3.98. The van der Waals surface area contributed by atoms with Crippen LogP contribution < -0.4 is 5.56 Å². The predicted molar refractivity (Wildman–Crippen MR) is 68.2 cm³/mol.